The number of aliphatic imine (C=N–C) groups is 1. The molecule has 7 nitrogen and oxygen atoms in total. The van der Waals surface area contributed by atoms with E-state index in [1.165, 1.54) is 12.3 Å². The number of halogens is 2. The smallest absolute Gasteiger partial charge is 0.391 e. The number of carbonyl (C=O) groups excluding carboxylic acids is 1. The van der Waals surface area contributed by atoms with Crippen molar-refractivity contribution in [1.29, 1.82) is 0 Å². The number of aromatic nitrogens is 1. The first kappa shape index (κ1) is 18.6. The van der Waals surface area contributed by atoms with Crippen LogP contribution in [-0.4, -0.2) is 30.1 Å². The Morgan fingerprint density at radius 2 is 2.23 bits per heavy atom. The van der Waals surface area contributed by atoms with Crippen LogP contribution in [-0.2, 0) is 10.3 Å². The fourth-order valence-electron chi connectivity index (χ4n) is 2.52. The normalized spacial score (nSPS) is 19.6. The lowest BCUT2D eigenvalue weighted by atomic mass is 9.92. The summed E-state index contributed by atoms with van der Waals surface area (Å²) in [6.45, 7) is 2.62. The number of amidine groups is 1. The summed E-state index contributed by atoms with van der Waals surface area (Å²) >= 11 is 9.20. The Labute approximate surface area is 163 Å². The van der Waals surface area contributed by atoms with Crippen LogP contribution in [0.15, 0.2) is 46.0 Å². The van der Waals surface area contributed by atoms with E-state index in [-0.39, 0.29) is 5.88 Å². The second-order valence-electron chi connectivity index (χ2n) is 5.93. The number of pyridine rings is 1. The molecule has 0 unspecified atom stereocenters. The largest absolute Gasteiger partial charge is 0.418 e. The van der Waals surface area contributed by atoms with Crippen LogP contribution in [0.2, 0.25) is 5.02 Å². The molecule has 0 aliphatic carbocycles. The number of amides is 1. The van der Waals surface area contributed by atoms with Crippen molar-refractivity contribution >= 4 is 45.1 Å². The third kappa shape index (κ3) is 4.51. The fraction of sp³-hybridized carbons (Fsp3) is 0.235. The van der Waals surface area contributed by atoms with E-state index in [9.17, 15) is 4.79 Å². The van der Waals surface area contributed by atoms with E-state index in [4.69, 9.17) is 26.8 Å². The highest BCUT2D eigenvalue weighted by Crippen LogP contribution is 2.32. The standard InChI is InChI=1S/C17H16BrClN4O3/c1-17(9-25-8-14(20)23-17)10-4-11(18)6-13(5-10)22-16(24)26-15-3-2-12(19)7-21-15/h2-7H,8-9H2,1H3,(H2,20,23)(H,22,24)/t17-/m0/s1. The van der Waals surface area contributed by atoms with Gasteiger partial charge in [-0.2, -0.15) is 0 Å². The van der Waals surface area contributed by atoms with E-state index in [2.05, 4.69) is 31.2 Å². The van der Waals surface area contributed by atoms with Gasteiger partial charge in [0, 0.05) is 22.4 Å². The van der Waals surface area contributed by atoms with Gasteiger partial charge in [0.05, 0.1) is 11.6 Å². The van der Waals surface area contributed by atoms with E-state index >= 15 is 0 Å². The van der Waals surface area contributed by atoms with Crippen molar-refractivity contribution in [2.24, 2.45) is 10.7 Å². The molecule has 3 N–H and O–H groups in total. The first-order chi connectivity index (χ1) is 12.3. The van der Waals surface area contributed by atoms with Gasteiger partial charge in [-0.3, -0.25) is 10.3 Å². The molecule has 1 aliphatic heterocycles. The number of benzene rings is 1. The molecule has 1 aromatic carbocycles. The van der Waals surface area contributed by atoms with Crippen LogP contribution in [0.3, 0.4) is 0 Å². The molecule has 0 bridgehead atoms. The van der Waals surface area contributed by atoms with Gasteiger partial charge in [0.15, 0.2) is 0 Å². The number of hydrogen-bond acceptors (Lipinski definition) is 6. The third-order valence-electron chi connectivity index (χ3n) is 3.69. The quantitative estimate of drug-likeness (QED) is 0.759. The summed E-state index contributed by atoms with van der Waals surface area (Å²) < 4.78 is 11.4. The topological polar surface area (TPSA) is 98.8 Å². The van der Waals surface area contributed by atoms with E-state index in [0.29, 0.717) is 29.8 Å². The van der Waals surface area contributed by atoms with Gasteiger partial charge in [-0.15, -0.1) is 0 Å². The van der Waals surface area contributed by atoms with E-state index in [1.54, 1.807) is 18.2 Å². The summed E-state index contributed by atoms with van der Waals surface area (Å²) in [6, 6.07) is 8.54. The van der Waals surface area contributed by atoms with Crippen LogP contribution in [0.5, 0.6) is 5.88 Å². The molecule has 2 aromatic rings. The maximum absolute atomic E-state index is 12.1. The molecule has 1 aliphatic rings. The summed E-state index contributed by atoms with van der Waals surface area (Å²) in [5.41, 5.74) is 6.55. The molecule has 136 valence electrons. The highest BCUT2D eigenvalue weighted by Gasteiger charge is 2.30. The number of nitrogens with one attached hydrogen (secondary N) is 1. The Morgan fingerprint density at radius 1 is 1.42 bits per heavy atom. The maximum Gasteiger partial charge on any atom is 0.418 e. The molecule has 1 atom stereocenters. The average molecular weight is 440 g/mol. The van der Waals surface area contributed by atoms with Crippen LogP contribution in [0, 0.1) is 0 Å². The van der Waals surface area contributed by atoms with Gasteiger partial charge in [0.2, 0.25) is 5.88 Å². The van der Waals surface area contributed by atoms with Crippen molar-refractivity contribution in [2.75, 3.05) is 18.5 Å². The van der Waals surface area contributed by atoms with Gasteiger partial charge < -0.3 is 15.2 Å². The van der Waals surface area contributed by atoms with Gasteiger partial charge >= 0.3 is 6.09 Å². The average Bonchev–Trinajstić information content (AvgIpc) is 2.56. The lowest BCUT2D eigenvalue weighted by molar-refractivity contribution is 0.106. The highest BCUT2D eigenvalue weighted by molar-refractivity contribution is 9.10. The number of nitrogens with zero attached hydrogens (tertiary/aromatic N) is 2. The number of ether oxygens (including phenoxy) is 2. The minimum atomic E-state index is -0.670. The predicted molar refractivity (Wildman–Crippen MR) is 103 cm³/mol. The fourth-order valence-corrected chi connectivity index (χ4v) is 3.12. The molecule has 3 rings (SSSR count). The Kier molecular flexibility index (Phi) is 5.45. The number of rotatable bonds is 3. The minimum absolute atomic E-state index is 0.145. The van der Waals surface area contributed by atoms with E-state index in [1.807, 2.05) is 13.0 Å². The second-order valence-corrected chi connectivity index (χ2v) is 7.28. The lowest BCUT2D eigenvalue weighted by Crippen LogP contribution is -2.37. The van der Waals surface area contributed by atoms with Crippen LogP contribution >= 0.6 is 27.5 Å². The molecule has 9 heteroatoms. The van der Waals surface area contributed by atoms with Gasteiger partial charge in [-0.25, -0.2) is 9.78 Å². The van der Waals surface area contributed by atoms with Crippen molar-refractivity contribution < 1.29 is 14.3 Å². The third-order valence-corrected chi connectivity index (χ3v) is 4.37. The molecule has 0 fully saturated rings. The molecule has 0 saturated carbocycles. The van der Waals surface area contributed by atoms with Crippen LogP contribution in [0.1, 0.15) is 12.5 Å². The first-order valence-electron chi connectivity index (χ1n) is 7.67. The van der Waals surface area contributed by atoms with Gasteiger partial charge in [0.25, 0.3) is 0 Å². The Bertz CT molecular complexity index is 860. The predicted octanol–water partition coefficient (Wildman–Crippen LogP) is 3.71. The summed E-state index contributed by atoms with van der Waals surface area (Å²) in [6.07, 6.45) is 0.727. The van der Waals surface area contributed by atoms with Crippen LogP contribution in [0.25, 0.3) is 0 Å². The molecule has 2 heterocycles. The van der Waals surface area contributed by atoms with Crippen molar-refractivity contribution in [1.82, 2.24) is 4.98 Å². The summed E-state index contributed by atoms with van der Waals surface area (Å²) in [4.78, 5) is 20.5. The first-order valence-corrected chi connectivity index (χ1v) is 8.84. The van der Waals surface area contributed by atoms with Gasteiger partial charge in [-0.05, 0) is 36.8 Å². The van der Waals surface area contributed by atoms with Gasteiger partial charge in [-0.1, -0.05) is 27.5 Å². The van der Waals surface area contributed by atoms with Gasteiger partial charge in [0.1, 0.15) is 18.0 Å². The molecular weight excluding hydrogens is 424 g/mol. The van der Waals surface area contributed by atoms with E-state index < -0.39 is 11.6 Å². The second kappa shape index (κ2) is 7.61. The minimum Gasteiger partial charge on any atom is -0.391 e. The van der Waals surface area contributed by atoms with Crippen molar-refractivity contribution in [3.8, 4) is 5.88 Å². The van der Waals surface area contributed by atoms with Crippen molar-refractivity contribution in [3.05, 3.63) is 51.6 Å². The number of anilines is 1. The van der Waals surface area contributed by atoms with Crippen molar-refractivity contribution in [3.63, 3.8) is 0 Å². The summed E-state index contributed by atoms with van der Waals surface area (Å²) in [5, 5.41) is 3.12. The number of carbonyl (C=O) groups is 1. The molecule has 1 aromatic heterocycles. The molecule has 0 spiro atoms. The SMILES string of the molecule is C[C@@]1(c2cc(Br)cc(NC(=O)Oc3ccc(Cl)cn3)c2)COCC(N)=N1. The molecule has 0 radical (unpaired) electrons. The van der Waals surface area contributed by atoms with Crippen LogP contribution < -0.4 is 15.8 Å². The zero-order chi connectivity index (χ0) is 18.7. The molecular formula is C17H16BrClN4O3. The number of nitrogens with two attached hydrogens (primary N) is 1. The van der Waals surface area contributed by atoms with Crippen molar-refractivity contribution in [2.45, 2.75) is 12.5 Å². The molecule has 0 saturated heterocycles. The van der Waals surface area contributed by atoms with E-state index in [0.717, 1.165) is 10.0 Å². The monoisotopic (exact) mass is 438 g/mol. The Morgan fingerprint density at radius 3 is 2.92 bits per heavy atom. The summed E-state index contributed by atoms with van der Waals surface area (Å²) in [5.74, 6) is 0.577. The summed E-state index contributed by atoms with van der Waals surface area (Å²) in [7, 11) is 0. The highest BCUT2D eigenvalue weighted by atomic mass is 79.9. The number of hydrogen-bond donors (Lipinski definition) is 2. The molecule has 1 amide bonds. The maximum atomic E-state index is 12.1. The zero-order valence-corrected chi connectivity index (χ0v) is 16.2. The zero-order valence-electron chi connectivity index (χ0n) is 13.8. The molecule has 26 heavy (non-hydrogen) atoms. The Balaban J connectivity index is 1.78. The lowest BCUT2D eigenvalue weighted by Gasteiger charge is -2.30. The Hall–Kier alpha value is -2.16. The van der Waals surface area contributed by atoms with Crippen LogP contribution in [0.4, 0.5) is 10.5 Å².